The number of halogens is 1. The van der Waals surface area contributed by atoms with Gasteiger partial charge in [0.15, 0.2) is 0 Å². The zero-order valence-electron chi connectivity index (χ0n) is 17.2. The molecule has 0 unspecified atom stereocenters. The molecule has 0 bridgehead atoms. The number of rotatable bonds is 5. The number of carbonyl (C=O) groups is 1. The molecule has 0 aliphatic carbocycles. The van der Waals surface area contributed by atoms with E-state index in [2.05, 4.69) is 17.0 Å². The van der Waals surface area contributed by atoms with Crippen LogP contribution in [0.2, 0.25) is 5.02 Å². The topological polar surface area (TPSA) is 51.7 Å². The molecule has 156 valence electrons. The van der Waals surface area contributed by atoms with Gasteiger partial charge in [-0.2, -0.15) is 0 Å². The molecule has 1 aliphatic rings. The van der Waals surface area contributed by atoms with Gasteiger partial charge < -0.3 is 14.4 Å². The Hall–Kier alpha value is -2.79. The summed E-state index contributed by atoms with van der Waals surface area (Å²) in [5, 5.41) is 1.69. The van der Waals surface area contributed by atoms with E-state index in [1.165, 1.54) is 0 Å². The summed E-state index contributed by atoms with van der Waals surface area (Å²) in [6, 6.07) is 16.0. The first-order valence-corrected chi connectivity index (χ1v) is 10.6. The molecule has 3 aromatic rings. The Morgan fingerprint density at radius 2 is 1.93 bits per heavy atom. The molecule has 1 aromatic heterocycles. The molecule has 1 fully saturated rings. The van der Waals surface area contributed by atoms with Gasteiger partial charge >= 0.3 is 5.97 Å². The van der Waals surface area contributed by atoms with E-state index < -0.39 is 0 Å². The van der Waals surface area contributed by atoms with Crippen molar-refractivity contribution in [3.8, 4) is 16.9 Å². The maximum Gasteiger partial charge on any atom is 0.309 e. The number of para-hydroxylation sites is 1. The fourth-order valence-corrected chi connectivity index (χ4v) is 4.25. The molecule has 0 amide bonds. The third-order valence-electron chi connectivity index (χ3n) is 5.61. The average molecular weight is 425 g/mol. The molecular weight excluding hydrogens is 400 g/mol. The van der Waals surface area contributed by atoms with Gasteiger partial charge in [-0.1, -0.05) is 29.8 Å². The minimum absolute atomic E-state index is 0.0182. The summed E-state index contributed by atoms with van der Waals surface area (Å²) in [7, 11) is 1.63. The van der Waals surface area contributed by atoms with E-state index in [9.17, 15) is 4.79 Å². The van der Waals surface area contributed by atoms with Crippen LogP contribution in [0.4, 0.5) is 5.82 Å². The van der Waals surface area contributed by atoms with Crippen LogP contribution in [-0.2, 0) is 9.53 Å². The van der Waals surface area contributed by atoms with Crippen LogP contribution in [0.3, 0.4) is 0 Å². The fraction of sp³-hybridized carbons (Fsp3) is 0.333. The number of anilines is 1. The molecule has 0 spiro atoms. The van der Waals surface area contributed by atoms with Crippen molar-refractivity contribution >= 4 is 34.3 Å². The second kappa shape index (κ2) is 8.92. The minimum atomic E-state index is -0.0833. The summed E-state index contributed by atoms with van der Waals surface area (Å²) < 4.78 is 10.5. The number of benzene rings is 2. The van der Waals surface area contributed by atoms with E-state index >= 15 is 0 Å². The number of hydrogen-bond acceptors (Lipinski definition) is 5. The molecule has 4 rings (SSSR count). The molecule has 0 saturated carbocycles. The lowest BCUT2D eigenvalue weighted by Gasteiger charge is -2.32. The van der Waals surface area contributed by atoms with E-state index in [1.807, 2.05) is 43.3 Å². The highest BCUT2D eigenvalue weighted by Crippen LogP contribution is 2.36. The molecular formula is C24H25ClN2O3. The molecule has 0 N–H and O–H groups in total. The van der Waals surface area contributed by atoms with E-state index in [-0.39, 0.29) is 11.9 Å². The normalized spacial score (nSPS) is 14.7. The average Bonchev–Trinajstić information content (AvgIpc) is 2.78. The van der Waals surface area contributed by atoms with Crippen LogP contribution in [0.25, 0.3) is 22.0 Å². The molecule has 6 heteroatoms. The minimum Gasteiger partial charge on any atom is -0.497 e. The van der Waals surface area contributed by atoms with Crippen LogP contribution in [-0.4, -0.2) is 37.8 Å². The summed E-state index contributed by atoms with van der Waals surface area (Å²) in [5.74, 6) is 1.54. The van der Waals surface area contributed by atoms with E-state index in [4.69, 9.17) is 26.1 Å². The van der Waals surface area contributed by atoms with Crippen LogP contribution in [0.1, 0.15) is 19.8 Å². The van der Waals surface area contributed by atoms with Gasteiger partial charge in [0.05, 0.1) is 30.2 Å². The van der Waals surface area contributed by atoms with Gasteiger partial charge in [0.25, 0.3) is 0 Å². The number of methoxy groups -OCH3 is 1. The number of pyridine rings is 1. The highest BCUT2D eigenvalue weighted by atomic mass is 35.5. The fourth-order valence-electron chi connectivity index (χ4n) is 3.98. The van der Waals surface area contributed by atoms with Gasteiger partial charge in [0, 0.05) is 29.6 Å². The quantitative estimate of drug-likeness (QED) is 0.517. The number of fused-ring (bicyclic) bond motifs is 1. The first-order valence-electron chi connectivity index (χ1n) is 10.3. The molecule has 2 heterocycles. The maximum absolute atomic E-state index is 12.0. The highest BCUT2D eigenvalue weighted by molar-refractivity contribution is 6.33. The summed E-state index contributed by atoms with van der Waals surface area (Å²) >= 11 is 6.54. The van der Waals surface area contributed by atoms with Gasteiger partial charge in [-0.3, -0.25) is 4.79 Å². The van der Waals surface area contributed by atoms with E-state index in [0.29, 0.717) is 11.6 Å². The first kappa shape index (κ1) is 20.5. The number of esters is 1. The van der Waals surface area contributed by atoms with Gasteiger partial charge in [-0.25, -0.2) is 4.98 Å². The molecule has 5 nitrogen and oxygen atoms in total. The maximum atomic E-state index is 12.0. The summed E-state index contributed by atoms with van der Waals surface area (Å²) in [5.41, 5.74) is 2.83. The Morgan fingerprint density at radius 3 is 2.63 bits per heavy atom. The van der Waals surface area contributed by atoms with Crippen molar-refractivity contribution in [2.24, 2.45) is 5.92 Å². The smallest absolute Gasteiger partial charge is 0.309 e. The second-order valence-electron chi connectivity index (χ2n) is 7.41. The largest absolute Gasteiger partial charge is 0.497 e. The third-order valence-corrected chi connectivity index (χ3v) is 5.92. The third kappa shape index (κ3) is 4.08. The second-order valence-corrected chi connectivity index (χ2v) is 7.81. The van der Waals surface area contributed by atoms with E-state index in [1.54, 1.807) is 7.11 Å². The van der Waals surface area contributed by atoms with Gasteiger partial charge in [-0.05, 0) is 50.1 Å². The monoisotopic (exact) mass is 424 g/mol. The van der Waals surface area contributed by atoms with Gasteiger partial charge in [0.2, 0.25) is 0 Å². The molecule has 0 atom stereocenters. The molecule has 1 saturated heterocycles. The summed E-state index contributed by atoms with van der Waals surface area (Å²) in [4.78, 5) is 19.2. The Balaban J connectivity index is 1.63. The number of piperidine rings is 1. The van der Waals surface area contributed by atoms with Crippen molar-refractivity contribution < 1.29 is 14.3 Å². The number of aromatic nitrogens is 1. The van der Waals surface area contributed by atoms with Crippen LogP contribution in [0.5, 0.6) is 5.75 Å². The number of hydrogen-bond donors (Lipinski definition) is 0. The van der Waals surface area contributed by atoms with Crippen LogP contribution < -0.4 is 9.64 Å². The van der Waals surface area contributed by atoms with Crippen molar-refractivity contribution in [2.45, 2.75) is 19.8 Å². The Morgan fingerprint density at radius 1 is 1.13 bits per heavy atom. The first-order chi connectivity index (χ1) is 14.6. The highest BCUT2D eigenvalue weighted by Gasteiger charge is 2.26. The summed E-state index contributed by atoms with van der Waals surface area (Å²) in [6.45, 7) is 3.85. The predicted octanol–water partition coefficient (Wildman–Crippen LogP) is 5.34. The Labute approximate surface area is 181 Å². The molecule has 0 radical (unpaired) electrons. The van der Waals surface area contributed by atoms with Crippen molar-refractivity contribution in [1.29, 1.82) is 0 Å². The Kier molecular flexibility index (Phi) is 6.09. The predicted molar refractivity (Wildman–Crippen MR) is 120 cm³/mol. The lowest BCUT2D eigenvalue weighted by molar-refractivity contribution is -0.148. The van der Waals surface area contributed by atoms with Crippen molar-refractivity contribution in [1.82, 2.24) is 4.98 Å². The zero-order valence-corrected chi connectivity index (χ0v) is 18.0. The molecule has 2 aromatic carbocycles. The van der Waals surface area contributed by atoms with Gasteiger partial charge in [-0.15, -0.1) is 0 Å². The van der Waals surface area contributed by atoms with Crippen molar-refractivity contribution in [3.05, 3.63) is 53.6 Å². The van der Waals surface area contributed by atoms with Crippen LogP contribution in [0.15, 0.2) is 48.5 Å². The lowest BCUT2D eigenvalue weighted by Crippen LogP contribution is -2.37. The number of ether oxygens (including phenoxy) is 2. The number of nitrogens with zero attached hydrogens (tertiary/aromatic N) is 2. The van der Waals surface area contributed by atoms with Crippen molar-refractivity contribution in [2.75, 3.05) is 31.7 Å². The van der Waals surface area contributed by atoms with Crippen molar-refractivity contribution in [3.63, 3.8) is 0 Å². The standard InChI is InChI=1S/C24H25ClN2O3/c1-3-30-24(28)17-11-13-27(14-12-17)22-10-7-16-5-4-6-20(23(16)26-22)19-9-8-18(29-2)15-21(19)25/h4-10,15,17H,3,11-14H2,1-2H3. The summed E-state index contributed by atoms with van der Waals surface area (Å²) in [6.07, 6.45) is 1.56. The molecule has 30 heavy (non-hydrogen) atoms. The van der Waals surface area contributed by atoms with Gasteiger partial charge in [0.1, 0.15) is 11.6 Å². The van der Waals surface area contributed by atoms with E-state index in [0.717, 1.165) is 59.5 Å². The molecule has 1 aliphatic heterocycles. The van der Waals surface area contributed by atoms with Crippen LogP contribution in [0, 0.1) is 5.92 Å². The lowest BCUT2D eigenvalue weighted by atomic mass is 9.97. The zero-order chi connectivity index (χ0) is 21.1. The Bertz CT molecular complexity index is 1060. The SMILES string of the molecule is CCOC(=O)C1CCN(c2ccc3cccc(-c4ccc(OC)cc4Cl)c3n2)CC1. The van der Waals surface area contributed by atoms with Crippen LogP contribution >= 0.6 is 11.6 Å². The number of carbonyl (C=O) groups excluding carboxylic acids is 1.